The summed E-state index contributed by atoms with van der Waals surface area (Å²) >= 11 is 0. The summed E-state index contributed by atoms with van der Waals surface area (Å²) in [4.78, 5) is 21.1. The first-order valence-electron chi connectivity index (χ1n) is 3.71. The maximum absolute atomic E-state index is 11.2. The van der Waals surface area contributed by atoms with E-state index in [1.165, 1.54) is 0 Å². The number of hydrogen-bond acceptors (Lipinski definition) is 3. The van der Waals surface area contributed by atoms with E-state index in [0.717, 1.165) is 5.56 Å². The highest BCUT2D eigenvalue weighted by molar-refractivity contribution is 5.93. The van der Waals surface area contributed by atoms with E-state index in [9.17, 15) is 9.59 Å². The van der Waals surface area contributed by atoms with Crippen molar-refractivity contribution in [1.29, 1.82) is 0 Å². The van der Waals surface area contributed by atoms with E-state index in [-0.39, 0.29) is 5.76 Å². The van der Waals surface area contributed by atoms with Crippen molar-refractivity contribution in [3.05, 3.63) is 23.2 Å². The smallest absolute Gasteiger partial charge is 0.305 e. The summed E-state index contributed by atoms with van der Waals surface area (Å²) in [7, 11) is 0. The Kier molecular flexibility index (Phi) is 2.69. The quantitative estimate of drug-likeness (QED) is 0.521. The largest absolute Gasteiger partial charge is 0.456 e. The lowest BCUT2D eigenvalue weighted by Gasteiger charge is -1.99. The normalized spacial score (nSPS) is 9.38. The standard InChI is InChI=1S/C8H10N2O3/c1-5-3-6(2)13-7(5)8(12)10-9-4-11/h3-4H,1-2H3,(H,9,11)(H,10,12). The van der Waals surface area contributed by atoms with Crippen molar-refractivity contribution in [3.63, 3.8) is 0 Å². The highest BCUT2D eigenvalue weighted by Crippen LogP contribution is 2.12. The number of carbonyl (C=O) groups excluding carboxylic acids is 2. The number of amides is 2. The Morgan fingerprint density at radius 1 is 1.54 bits per heavy atom. The third kappa shape index (κ3) is 2.08. The average molecular weight is 182 g/mol. The summed E-state index contributed by atoms with van der Waals surface area (Å²) < 4.78 is 5.11. The van der Waals surface area contributed by atoms with Crippen LogP contribution in [0.25, 0.3) is 0 Å². The molecular formula is C8H10N2O3. The molecule has 2 N–H and O–H groups in total. The van der Waals surface area contributed by atoms with E-state index in [4.69, 9.17) is 4.42 Å². The summed E-state index contributed by atoms with van der Waals surface area (Å²) in [5.41, 5.74) is 4.93. The fourth-order valence-corrected chi connectivity index (χ4v) is 1.02. The Labute approximate surface area is 75.1 Å². The second kappa shape index (κ2) is 3.75. The molecule has 70 valence electrons. The minimum absolute atomic E-state index is 0.215. The molecule has 13 heavy (non-hydrogen) atoms. The summed E-state index contributed by atoms with van der Waals surface area (Å²) in [6.07, 6.45) is 0.378. The van der Waals surface area contributed by atoms with Crippen molar-refractivity contribution in [2.24, 2.45) is 0 Å². The highest BCUT2D eigenvalue weighted by atomic mass is 16.4. The molecule has 0 atom stereocenters. The fourth-order valence-electron chi connectivity index (χ4n) is 1.02. The van der Waals surface area contributed by atoms with Crippen LogP contribution in [0.2, 0.25) is 0 Å². The van der Waals surface area contributed by atoms with E-state index in [0.29, 0.717) is 12.2 Å². The molecule has 0 aliphatic carbocycles. The molecule has 0 radical (unpaired) electrons. The molecule has 0 fully saturated rings. The second-order valence-electron chi connectivity index (χ2n) is 2.59. The molecule has 0 aromatic carbocycles. The molecule has 0 aliphatic rings. The van der Waals surface area contributed by atoms with Gasteiger partial charge in [0.05, 0.1) is 0 Å². The number of hydrogen-bond donors (Lipinski definition) is 2. The van der Waals surface area contributed by atoms with Crippen LogP contribution in [0.1, 0.15) is 21.9 Å². The molecule has 1 rings (SSSR count). The van der Waals surface area contributed by atoms with Crippen LogP contribution in [-0.4, -0.2) is 12.3 Å². The maximum atomic E-state index is 11.2. The van der Waals surface area contributed by atoms with Gasteiger partial charge in [0.1, 0.15) is 5.76 Å². The lowest BCUT2D eigenvalue weighted by molar-refractivity contribution is -0.110. The van der Waals surface area contributed by atoms with Crippen LogP contribution in [0, 0.1) is 13.8 Å². The van der Waals surface area contributed by atoms with Gasteiger partial charge in [-0.3, -0.25) is 20.4 Å². The Balaban J connectivity index is 2.76. The minimum Gasteiger partial charge on any atom is -0.456 e. The summed E-state index contributed by atoms with van der Waals surface area (Å²) in [5.74, 6) is 0.415. The zero-order valence-corrected chi connectivity index (χ0v) is 7.38. The molecule has 0 bridgehead atoms. The topological polar surface area (TPSA) is 71.3 Å². The van der Waals surface area contributed by atoms with Gasteiger partial charge in [-0.15, -0.1) is 0 Å². The predicted molar refractivity (Wildman–Crippen MR) is 44.8 cm³/mol. The summed E-state index contributed by atoms with van der Waals surface area (Å²) in [6, 6.07) is 1.75. The predicted octanol–water partition coefficient (Wildman–Crippen LogP) is 0.287. The summed E-state index contributed by atoms with van der Waals surface area (Å²) in [5, 5.41) is 0. The van der Waals surface area contributed by atoms with Crippen LogP contribution < -0.4 is 10.9 Å². The Bertz CT molecular complexity index is 330. The van der Waals surface area contributed by atoms with Gasteiger partial charge in [0.15, 0.2) is 5.76 Å². The van der Waals surface area contributed by atoms with E-state index < -0.39 is 5.91 Å². The maximum Gasteiger partial charge on any atom is 0.305 e. The molecule has 0 saturated heterocycles. The molecule has 5 nitrogen and oxygen atoms in total. The number of carbonyl (C=O) groups is 2. The number of rotatable bonds is 3. The molecule has 1 heterocycles. The lowest BCUT2D eigenvalue weighted by Crippen LogP contribution is -2.36. The van der Waals surface area contributed by atoms with Crippen LogP contribution in [-0.2, 0) is 4.79 Å². The monoisotopic (exact) mass is 182 g/mol. The highest BCUT2D eigenvalue weighted by Gasteiger charge is 2.13. The number of nitrogens with one attached hydrogen (secondary N) is 2. The van der Waals surface area contributed by atoms with Crippen molar-refractivity contribution in [2.45, 2.75) is 13.8 Å². The van der Waals surface area contributed by atoms with Crippen LogP contribution in [0.5, 0.6) is 0 Å². The van der Waals surface area contributed by atoms with Gasteiger partial charge in [-0.05, 0) is 19.9 Å². The van der Waals surface area contributed by atoms with Crippen LogP contribution in [0.3, 0.4) is 0 Å². The van der Waals surface area contributed by atoms with Gasteiger partial charge in [0.2, 0.25) is 6.41 Å². The van der Waals surface area contributed by atoms with Crippen LogP contribution in [0.15, 0.2) is 10.5 Å². The van der Waals surface area contributed by atoms with Gasteiger partial charge in [-0.25, -0.2) is 0 Å². The molecule has 0 saturated carbocycles. The van der Waals surface area contributed by atoms with Gasteiger partial charge < -0.3 is 4.42 Å². The summed E-state index contributed by atoms with van der Waals surface area (Å²) in [6.45, 7) is 3.50. The van der Waals surface area contributed by atoms with Gasteiger partial charge in [0.25, 0.3) is 0 Å². The molecule has 0 spiro atoms. The van der Waals surface area contributed by atoms with Gasteiger partial charge in [-0.2, -0.15) is 0 Å². The van der Waals surface area contributed by atoms with E-state index in [1.807, 2.05) is 5.43 Å². The third-order valence-electron chi connectivity index (χ3n) is 1.49. The number of aryl methyl sites for hydroxylation is 2. The second-order valence-corrected chi connectivity index (χ2v) is 2.59. The van der Waals surface area contributed by atoms with Crippen molar-refractivity contribution in [2.75, 3.05) is 0 Å². The molecule has 0 aliphatic heterocycles. The van der Waals surface area contributed by atoms with E-state index in [1.54, 1.807) is 19.9 Å². The van der Waals surface area contributed by atoms with Crippen LogP contribution in [0.4, 0.5) is 0 Å². The van der Waals surface area contributed by atoms with Crippen molar-refractivity contribution >= 4 is 12.3 Å². The van der Waals surface area contributed by atoms with Crippen molar-refractivity contribution in [3.8, 4) is 0 Å². The van der Waals surface area contributed by atoms with Crippen LogP contribution >= 0.6 is 0 Å². The lowest BCUT2D eigenvalue weighted by atomic mass is 10.2. The fraction of sp³-hybridized carbons (Fsp3) is 0.250. The van der Waals surface area contributed by atoms with Crippen molar-refractivity contribution < 1.29 is 14.0 Å². The van der Waals surface area contributed by atoms with E-state index in [2.05, 4.69) is 5.43 Å². The molecular weight excluding hydrogens is 172 g/mol. The zero-order chi connectivity index (χ0) is 9.84. The minimum atomic E-state index is -0.460. The first-order valence-corrected chi connectivity index (χ1v) is 3.71. The first kappa shape index (κ1) is 9.31. The Morgan fingerprint density at radius 3 is 2.69 bits per heavy atom. The molecule has 2 amide bonds. The Morgan fingerprint density at radius 2 is 2.23 bits per heavy atom. The van der Waals surface area contributed by atoms with Gasteiger partial charge in [-0.1, -0.05) is 0 Å². The third-order valence-corrected chi connectivity index (χ3v) is 1.49. The Hall–Kier alpha value is -1.78. The van der Waals surface area contributed by atoms with E-state index >= 15 is 0 Å². The van der Waals surface area contributed by atoms with Gasteiger partial charge >= 0.3 is 5.91 Å². The average Bonchev–Trinajstić information content (AvgIpc) is 2.41. The zero-order valence-electron chi connectivity index (χ0n) is 7.38. The molecule has 1 aromatic heterocycles. The molecule has 1 aromatic rings. The number of furan rings is 1. The SMILES string of the molecule is Cc1cc(C)c(C(=O)NNC=O)o1. The molecule has 0 unspecified atom stereocenters. The van der Waals surface area contributed by atoms with Crippen molar-refractivity contribution in [1.82, 2.24) is 10.9 Å². The number of hydrazine groups is 1. The van der Waals surface area contributed by atoms with Gasteiger partial charge in [0, 0.05) is 5.56 Å². The molecule has 5 heteroatoms. The first-order chi connectivity index (χ1) is 6.15.